The third-order valence-corrected chi connectivity index (χ3v) is 8.52. The Morgan fingerprint density at radius 3 is 1.67 bits per heavy atom. The quantitative estimate of drug-likeness (QED) is 0.241. The van der Waals surface area contributed by atoms with E-state index in [1.807, 2.05) is 0 Å². The van der Waals surface area contributed by atoms with E-state index < -0.39 is 0 Å². The van der Waals surface area contributed by atoms with Crippen LogP contribution in [0.1, 0.15) is 110 Å². The van der Waals surface area contributed by atoms with Gasteiger partial charge in [0.1, 0.15) is 0 Å². The molecule has 0 aliphatic heterocycles. The molecule has 0 radical (unpaired) electrons. The highest BCUT2D eigenvalue weighted by Crippen LogP contribution is 2.49. The minimum Gasteiger partial charge on any atom is -0.104 e. The van der Waals surface area contributed by atoms with Crippen molar-refractivity contribution in [3.8, 4) is 0 Å². The van der Waals surface area contributed by atoms with Gasteiger partial charge in [-0.15, -0.1) is 7.92 Å². The van der Waals surface area contributed by atoms with Crippen molar-refractivity contribution in [2.24, 2.45) is 0 Å². The second-order valence-corrected chi connectivity index (χ2v) is 9.96. The third kappa shape index (κ3) is 9.93. The number of rotatable bonds is 13. The summed E-state index contributed by atoms with van der Waals surface area (Å²) in [5.41, 5.74) is 1.16. The molecule has 1 saturated carbocycles. The van der Waals surface area contributed by atoms with E-state index >= 15 is 0 Å². The molecule has 0 nitrogen and oxygen atoms in total. The van der Waals surface area contributed by atoms with Crippen LogP contribution in [0.15, 0.2) is 0 Å². The van der Waals surface area contributed by atoms with Crippen LogP contribution in [0, 0.1) is 0 Å². The minimum absolute atomic E-state index is 0.380. The fourth-order valence-corrected chi connectivity index (χ4v) is 7.07. The van der Waals surface area contributed by atoms with Crippen molar-refractivity contribution >= 4 is 7.92 Å². The van der Waals surface area contributed by atoms with Gasteiger partial charge >= 0.3 is 0 Å². The molecule has 126 valence electrons. The van der Waals surface area contributed by atoms with Gasteiger partial charge in [-0.3, -0.25) is 0 Å². The summed E-state index contributed by atoms with van der Waals surface area (Å²) in [6, 6.07) is 0. The van der Waals surface area contributed by atoms with Gasteiger partial charge in [-0.25, -0.2) is 0 Å². The standard InChI is InChI=1S/C20H41P/c1-3-5-7-9-10-15-19-21(18-14-8-6-4-2)20-16-12-11-13-17-20/h20H,3-19H2,1-2H3. The second kappa shape index (κ2) is 14.0. The van der Waals surface area contributed by atoms with Crippen LogP contribution in [0.5, 0.6) is 0 Å². The fraction of sp³-hybridized carbons (Fsp3) is 1.00. The van der Waals surface area contributed by atoms with Crippen molar-refractivity contribution in [2.45, 2.75) is 116 Å². The van der Waals surface area contributed by atoms with Crippen LogP contribution < -0.4 is 0 Å². The molecule has 1 fully saturated rings. The van der Waals surface area contributed by atoms with Crippen LogP contribution in [0.2, 0.25) is 0 Å². The molecule has 21 heavy (non-hydrogen) atoms. The largest absolute Gasteiger partial charge is 0.104 e. The zero-order chi connectivity index (χ0) is 15.2. The van der Waals surface area contributed by atoms with Gasteiger partial charge in [0, 0.05) is 0 Å². The SMILES string of the molecule is CCCCCCCCP(CCCCCC)C1CCCCC1. The molecule has 1 heteroatoms. The smallest absolute Gasteiger partial charge is 0.0209 e. The van der Waals surface area contributed by atoms with E-state index in [2.05, 4.69) is 13.8 Å². The predicted molar refractivity (Wildman–Crippen MR) is 101 cm³/mol. The van der Waals surface area contributed by atoms with Crippen molar-refractivity contribution < 1.29 is 0 Å². The highest BCUT2D eigenvalue weighted by molar-refractivity contribution is 7.58. The fourth-order valence-electron chi connectivity index (χ4n) is 3.76. The summed E-state index contributed by atoms with van der Waals surface area (Å²) in [6.45, 7) is 4.65. The Labute approximate surface area is 136 Å². The molecule has 0 saturated heterocycles. The highest BCUT2D eigenvalue weighted by Gasteiger charge is 2.22. The van der Waals surface area contributed by atoms with E-state index in [0.717, 1.165) is 5.66 Å². The number of hydrogen-bond acceptors (Lipinski definition) is 0. The van der Waals surface area contributed by atoms with Crippen molar-refractivity contribution in [1.29, 1.82) is 0 Å². The van der Waals surface area contributed by atoms with Gasteiger partial charge < -0.3 is 0 Å². The molecule has 0 aromatic rings. The van der Waals surface area contributed by atoms with Crippen molar-refractivity contribution in [3.63, 3.8) is 0 Å². The molecule has 1 atom stereocenters. The number of unbranched alkanes of at least 4 members (excludes halogenated alkanes) is 8. The van der Waals surface area contributed by atoms with Gasteiger partial charge in [-0.05, 0) is 43.7 Å². The lowest BCUT2D eigenvalue weighted by atomic mass is 10.0. The lowest BCUT2D eigenvalue weighted by molar-refractivity contribution is 0.508. The maximum Gasteiger partial charge on any atom is -0.0209 e. The summed E-state index contributed by atoms with van der Waals surface area (Å²) in [4.78, 5) is 0. The molecule has 0 bridgehead atoms. The first-order chi connectivity index (χ1) is 10.4. The van der Waals surface area contributed by atoms with Crippen molar-refractivity contribution in [2.75, 3.05) is 12.3 Å². The van der Waals surface area contributed by atoms with E-state index in [1.54, 1.807) is 31.6 Å². The summed E-state index contributed by atoms with van der Waals surface area (Å²) >= 11 is 0. The Hall–Kier alpha value is 0.430. The van der Waals surface area contributed by atoms with E-state index in [9.17, 15) is 0 Å². The lowest BCUT2D eigenvalue weighted by Crippen LogP contribution is -2.14. The molecule has 1 unspecified atom stereocenters. The summed E-state index contributed by atoms with van der Waals surface area (Å²) in [6.07, 6.45) is 25.7. The van der Waals surface area contributed by atoms with Gasteiger partial charge in [-0.1, -0.05) is 84.5 Å². The van der Waals surface area contributed by atoms with Crippen molar-refractivity contribution in [3.05, 3.63) is 0 Å². The molecule has 0 aromatic carbocycles. The van der Waals surface area contributed by atoms with E-state index in [0.29, 0.717) is 7.92 Å². The van der Waals surface area contributed by atoms with Crippen LogP contribution in [-0.4, -0.2) is 18.0 Å². The van der Waals surface area contributed by atoms with Gasteiger partial charge in [0.25, 0.3) is 0 Å². The van der Waals surface area contributed by atoms with Gasteiger partial charge in [0.2, 0.25) is 0 Å². The van der Waals surface area contributed by atoms with Gasteiger partial charge in [0.15, 0.2) is 0 Å². The zero-order valence-corrected chi connectivity index (χ0v) is 15.9. The highest BCUT2D eigenvalue weighted by atomic mass is 31.1. The molecule has 1 aliphatic carbocycles. The Balaban J connectivity index is 2.19. The summed E-state index contributed by atoms with van der Waals surface area (Å²) in [5, 5.41) is 0. The Bertz CT molecular complexity index is 208. The maximum atomic E-state index is 2.33. The summed E-state index contributed by atoms with van der Waals surface area (Å²) in [5.74, 6) is 0. The normalized spacial score (nSPS) is 18.0. The Kier molecular flexibility index (Phi) is 13.0. The van der Waals surface area contributed by atoms with Crippen LogP contribution in [0.4, 0.5) is 0 Å². The lowest BCUT2D eigenvalue weighted by Gasteiger charge is -2.31. The monoisotopic (exact) mass is 312 g/mol. The molecule has 1 aliphatic rings. The molecule has 0 amide bonds. The molecule has 0 heterocycles. The molecule has 0 N–H and O–H groups in total. The maximum absolute atomic E-state index is 2.33. The summed E-state index contributed by atoms with van der Waals surface area (Å²) < 4.78 is 0. The van der Waals surface area contributed by atoms with Gasteiger partial charge in [0.05, 0.1) is 0 Å². The van der Waals surface area contributed by atoms with E-state index in [-0.39, 0.29) is 0 Å². The van der Waals surface area contributed by atoms with E-state index in [1.165, 1.54) is 77.0 Å². The molecule has 1 rings (SSSR count). The van der Waals surface area contributed by atoms with Crippen LogP contribution in [0.3, 0.4) is 0 Å². The first kappa shape index (κ1) is 19.5. The Morgan fingerprint density at radius 2 is 1.10 bits per heavy atom. The molecule has 0 aromatic heterocycles. The first-order valence-corrected chi connectivity index (χ1v) is 11.9. The minimum atomic E-state index is 0.380. The van der Waals surface area contributed by atoms with Crippen LogP contribution >= 0.6 is 7.92 Å². The average molecular weight is 313 g/mol. The topological polar surface area (TPSA) is 0 Å². The number of hydrogen-bond donors (Lipinski definition) is 0. The van der Waals surface area contributed by atoms with Gasteiger partial charge in [-0.2, -0.15) is 0 Å². The molecular weight excluding hydrogens is 271 g/mol. The van der Waals surface area contributed by atoms with E-state index in [4.69, 9.17) is 0 Å². The van der Waals surface area contributed by atoms with Crippen LogP contribution in [0.25, 0.3) is 0 Å². The Morgan fingerprint density at radius 1 is 0.619 bits per heavy atom. The predicted octanol–water partition coefficient (Wildman–Crippen LogP) is 7.74. The zero-order valence-electron chi connectivity index (χ0n) is 15.0. The molecular formula is C20H41P. The van der Waals surface area contributed by atoms with Crippen molar-refractivity contribution in [1.82, 2.24) is 0 Å². The third-order valence-electron chi connectivity index (χ3n) is 5.19. The first-order valence-electron chi connectivity index (χ1n) is 10.1. The summed E-state index contributed by atoms with van der Waals surface area (Å²) in [7, 11) is 0.380. The molecule has 0 spiro atoms. The second-order valence-electron chi connectivity index (χ2n) is 7.16. The average Bonchev–Trinajstić information content (AvgIpc) is 2.53. The van der Waals surface area contributed by atoms with Crippen LogP contribution in [-0.2, 0) is 0 Å².